The van der Waals surface area contributed by atoms with Gasteiger partial charge >= 0.3 is 0 Å². The lowest BCUT2D eigenvalue weighted by atomic mass is 10.2. The molecule has 1 atom stereocenters. The SMILES string of the molecule is Cc1ccccc1N1c2nccnc2[NH2+]C1C. The third-order valence-electron chi connectivity index (χ3n) is 3.12. The Morgan fingerprint density at radius 1 is 1.18 bits per heavy atom. The molecule has 17 heavy (non-hydrogen) atoms. The minimum atomic E-state index is 0.300. The molecular formula is C13H15N4+. The van der Waals surface area contributed by atoms with Gasteiger partial charge in [-0.25, -0.2) is 4.98 Å². The van der Waals surface area contributed by atoms with Crippen LogP contribution in [0.1, 0.15) is 12.5 Å². The van der Waals surface area contributed by atoms with Gasteiger partial charge in [0.1, 0.15) is 0 Å². The number of aromatic nitrogens is 2. The van der Waals surface area contributed by atoms with Crippen molar-refractivity contribution in [3.05, 3.63) is 42.2 Å². The molecule has 1 unspecified atom stereocenters. The Kier molecular flexibility index (Phi) is 2.30. The molecule has 4 heteroatoms. The Bertz CT molecular complexity index is 553. The first-order valence-electron chi connectivity index (χ1n) is 5.78. The van der Waals surface area contributed by atoms with Crippen molar-refractivity contribution in [2.45, 2.75) is 20.0 Å². The van der Waals surface area contributed by atoms with Gasteiger partial charge in [0.05, 0.1) is 11.9 Å². The van der Waals surface area contributed by atoms with Crippen molar-refractivity contribution < 1.29 is 5.32 Å². The van der Waals surface area contributed by atoms with Crippen LogP contribution in [-0.4, -0.2) is 16.1 Å². The highest BCUT2D eigenvalue weighted by Gasteiger charge is 2.34. The largest absolute Gasteiger partial charge is 0.274 e. The number of fused-ring (bicyclic) bond motifs is 1. The summed E-state index contributed by atoms with van der Waals surface area (Å²) in [4.78, 5) is 11.0. The zero-order valence-corrected chi connectivity index (χ0v) is 9.96. The van der Waals surface area contributed by atoms with Gasteiger partial charge in [-0.15, -0.1) is 0 Å². The fourth-order valence-electron chi connectivity index (χ4n) is 2.31. The molecule has 0 bridgehead atoms. The smallest absolute Gasteiger partial charge is 0.270 e. The standard InChI is InChI=1S/C13H14N4/c1-9-5-3-4-6-11(9)17-10(2)16-12-13(17)15-8-7-14-12/h3-8,10H,1-2H3,(H,14,16)/p+1. The van der Waals surface area contributed by atoms with Crippen molar-refractivity contribution in [1.29, 1.82) is 0 Å². The quantitative estimate of drug-likeness (QED) is 0.802. The molecule has 0 fully saturated rings. The van der Waals surface area contributed by atoms with Crippen molar-refractivity contribution in [2.24, 2.45) is 0 Å². The number of para-hydroxylation sites is 1. The van der Waals surface area contributed by atoms with Crippen LogP contribution in [0.25, 0.3) is 0 Å². The van der Waals surface area contributed by atoms with Crippen LogP contribution >= 0.6 is 0 Å². The highest BCUT2D eigenvalue weighted by atomic mass is 15.4. The summed E-state index contributed by atoms with van der Waals surface area (Å²) >= 11 is 0. The van der Waals surface area contributed by atoms with E-state index in [1.165, 1.54) is 11.3 Å². The van der Waals surface area contributed by atoms with E-state index in [0.29, 0.717) is 6.17 Å². The molecule has 86 valence electrons. The molecule has 0 amide bonds. The molecule has 2 N–H and O–H groups in total. The number of nitrogens with two attached hydrogens (primary N) is 1. The van der Waals surface area contributed by atoms with Gasteiger partial charge in [0, 0.05) is 13.1 Å². The summed E-state index contributed by atoms with van der Waals surface area (Å²) in [6, 6.07) is 8.37. The molecule has 1 aliphatic rings. The Morgan fingerprint density at radius 3 is 2.76 bits per heavy atom. The summed E-state index contributed by atoms with van der Waals surface area (Å²) in [5.74, 6) is 1.93. The fraction of sp³-hybridized carbons (Fsp3) is 0.231. The van der Waals surface area contributed by atoms with Crippen LogP contribution in [0.15, 0.2) is 36.7 Å². The normalized spacial score (nSPS) is 18.2. The van der Waals surface area contributed by atoms with E-state index in [2.05, 4.69) is 58.3 Å². The van der Waals surface area contributed by atoms with Crippen molar-refractivity contribution in [1.82, 2.24) is 9.97 Å². The zero-order chi connectivity index (χ0) is 11.8. The van der Waals surface area contributed by atoms with E-state index in [0.717, 1.165) is 11.6 Å². The van der Waals surface area contributed by atoms with E-state index in [1.54, 1.807) is 12.4 Å². The third kappa shape index (κ3) is 1.57. The molecule has 1 aliphatic heterocycles. The van der Waals surface area contributed by atoms with Crippen molar-refractivity contribution in [2.75, 3.05) is 4.90 Å². The second-order valence-corrected chi connectivity index (χ2v) is 4.33. The first kappa shape index (κ1) is 10.2. The summed E-state index contributed by atoms with van der Waals surface area (Å²) in [6.07, 6.45) is 3.79. The lowest BCUT2D eigenvalue weighted by Crippen LogP contribution is -2.84. The Morgan fingerprint density at radius 2 is 1.94 bits per heavy atom. The van der Waals surface area contributed by atoms with E-state index in [4.69, 9.17) is 0 Å². The topological polar surface area (TPSA) is 45.6 Å². The van der Waals surface area contributed by atoms with Gasteiger partial charge in [-0.2, -0.15) is 4.98 Å². The average molecular weight is 227 g/mol. The molecule has 3 rings (SSSR count). The fourth-order valence-corrected chi connectivity index (χ4v) is 2.31. The lowest BCUT2D eigenvalue weighted by molar-refractivity contribution is -0.599. The number of rotatable bonds is 1. The monoisotopic (exact) mass is 227 g/mol. The molecule has 4 nitrogen and oxygen atoms in total. The molecule has 0 spiro atoms. The zero-order valence-electron chi connectivity index (χ0n) is 9.96. The van der Waals surface area contributed by atoms with Crippen molar-refractivity contribution in [3.8, 4) is 0 Å². The van der Waals surface area contributed by atoms with Gasteiger partial charge in [0.15, 0.2) is 6.17 Å². The van der Waals surface area contributed by atoms with E-state index in [9.17, 15) is 0 Å². The van der Waals surface area contributed by atoms with Crippen LogP contribution < -0.4 is 10.2 Å². The Hall–Kier alpha value is -1.94. The van der Waals surface area contributed by atoms with Crippen LogP contribution in [0, 0.1) is 6.92 Å². The van der Waals surface area contributed by atoms with Crippen LogP contribution in [0.5, 0.6) is 0 Å². The minimum Gasteiger partial charge on any atom is -0.274 e. The molecule has 2 heterocycles. The lowest BCUT2D eigenvalue weighted by Gasteiger charge is -2.21. The minimum absolute atomic E-state index is 0.300. The van der Waals surface area contributed by atoms with Crippen LogP contribution in [0.4, 0.5) is 17.3 Å². The molecular weight excluding hydrogens is 212 g/mol. The number of aryl methyl sites for hydroxylation is 1. The molecule has 0 saturated heterocycles. The second kappa shape index (κ2) is 3.82. The number of nitrogens with zero attached hydrogens (tertiary/aromatic N) is 3. The predicted molar refractivity (Wildman–Crippen MR) is 66.4 cm³/mol. The van der Waals surface area contributed by atoms with Gasteiger partial charge in [-0.3, -0.25) is 10.2 Å². The van der Waals surface area contributed by atoms with Crippen LogP contribution in [-0.2, 0) is 0 Å². The molecule has 1 aromatic carbocycles. The maximum atomic E-state index is 4.44. The second-order valence-electron chi connectivity index (χ2n) is 4.33. The highest BCUT2D eigenvalue weighted by Crippen LogP contribution is 2.32. The number of hydrogen-bond acceptors (Lipinski definition) is 3. The predicted octanol–water partition coefficient (Wildman–Crippen LogP) is 1.48. The third-order valence-corrected chi connectivity index (χ3v) is 3.12. The van der Waals surface area contributed by atoms with Gasteiger partial charge in [-0.05, 0) is 18.6 Å². The van der Waals surface area contributed by atoms with Gasteiger partial charge in [0.2, 0.25) is 5.82 Å². The van der Waals surface area contributed by atoms with Crippen LogP contribution in [0.2, 0.25) is 0 Å². The van der Waals surface area contributed by atoms with E-state index < -0.39 is 0 Å². The van der Waals surface area contributed by atoms with Crippen LogP contribution in [0.3, 0.4) is 0 Å². The molecule has 1 aromatic heterocycles. The Labute approximate surface area is 100 Å². The highest BCUT2D eigenvalue weighted by molar-refractivity contribution is 5.70. The summed E-state index contributed by atoms with van der Waals surface area (Å²) < 4.78 is 0. The van der Waals surface area contributed by atoms with E-state index in [-0.39, 0.29) is 0 Å². The maximum Gasteiger partial charge on any atom is 0.270 e. The molecule has 0 saturated carbocycles. The molecule has 2 aromatic rings. The summed E-state index contributed by atoms with van der Waals surface area (Å²) in [7, 11) is 0. The molecule has 0 radical (unpaired) electrons. The average Bonchev–Trinajstić information content (AvgIpc) is 2.66. The van der Waals surface area contributed by atoms with Crippen molar-refractivity contribution >= 4 is 17.3 Å². The molecule has 0 aliphatic carbocycles. The summed E-state index contributed by atoms with van der Waals surface area (Å²) in [6.45, 7) is 4.28. The first-order valence-corrected chi connectivity index (χ1v) is 5.78. The maximum absolute atomic E-state index is 4.44. The van der Waals surface area contributed by atoms with E-state index >= 15 is 0 Å². The number of quaternary nitrogens is 1. The van der Waals surface area contributed by atoms with E-state index in [1.807, 2.05) is 0 Å². The van der Waals surface area contributed by atoms with Gasteiger partial charge < -0.3 is 0 Å². The Balaban J connectivity index is 2.13. The summed E-state index contributed by atoms with van der Waals surface area (Å²) in [5.41, 5.74) is 2.46. The summed E-state index contributed by atoms with van der Waals surface area (Å²) in [5, 5.41) is 2.15. The van der Waals surface area contributed by atoms with Gasteiger partial charge in [-0.1, -0.05) is 18.2 Å². The number of benzene rings is 1. The number of anilines is 2. The first-order chi connectivity index (χ1) is 8.27. The number of hydrogen-bond donors (Lipinski definition) is 1. The van der Waals surface area contributed by atoms with Crippen molar-refractivity contribution in [3.63, 3.8) is 0 Å². The van der Waals surface area contributed by atoms with Gasteiger partial charge in [0.25, 0.3) is 5.82 Å².